The summed E-state index contributed by atoms with van der Waals surface area (Å²) in [5, 5.41) is 5.90. The number of pyridine rings is 1. The molecule has 9 heteroatoms. The summed E-state index contributed by atoms with van der Waals surface area (Å²) < 4.78 is 0. The number of rotatable bonds is 8. The Morgan fingerprint density at radius 2 is 1.87 bits per heavy atom. The predicted molar refractivity (Wildman–Crippen MR) is 152 cm³/mol. The Kier molecular flexibility index (Phi) is 7.60. The first-order valence-electron chi connectivity index (χ1n) is 13.4. The van der Waals surface area contributed by atoms with Gasteiger partial charge in [0.15, 0.2) is 0 Å². The van der Waals surface area contributed by atoms with Crippen molar-refractivity contribution in [3.63, 3.8) is 0 Å². The molecule has 202 valence electrons. The van der Waals surface area contributed by atoms with Crippen molar-refractivity contribution in [2.75, 3.05) is 11.4 Å². The van der Waals surface area contributed by atoms with Crippen LogP contribution in [0.25, 0.3) is 22.0 Å². The highest BCUT2D eigenvalue weighted by Crippen LogP contribution is 2.33. The quantitative estimate of drug-likeness (QED) is 0.277. The lowest BCUT2D eigenvalue weighted by atomic mass is 9.81. The molecule has 1 aliphatic carbocycles. The Labute approximate surface area is 226 Å². The van der Waals surface area contributed by atoms with Crippen molar-refractivity contribution in [3.8, 4) is 11.1 Å². The van der Waals surface area contributed by atoms with E-state index in [1.165, 1.54) is 0 Å². The Bertz CT molecular complexity index is 1550. The lowest BCUT2D eigenvalue weighted by molar-refractivity contribution is -0.127. The van der Waals surface area contributed by atoms with Gasteiger partial charge in [-0.05, 0) is 91.6 Å². The Balaban J connectivity index is 1.52. The summed E-state index contributed by atoms with van der Waals surface area (Å²) >= 11 is 0. The molecule has 2 aromatic carbocycles. The molecule has 1 saturated carbocycles. The van der Waals surface area contributed by atoms with Gasteiger partial charge in [-0.3, -0.25) is 34.5 Å². The standard InChI is InChI=1S/C30H34N6O3/c1-18-17-33-12-11-24(18)22-4-2-3-20(13-22)14-27(28(32)37)36(30(39)21-7-5-19(16-31)6-8-21)23-9-10-25-26(15-23)34-35-29(25)38/h2-4,9-13,15,17,19,21,27H,5-8,14,16,31H2,1H3,(H2,32,37)(H2,34,35,38)/t19?,21?,27-/m0/s1. The molecule has 1 atom stereocenters. The zero-order valence-corrected chi connectivity index (χ0v) is 22.0. The molecular formula is C30H34N6O3. The zero-order valence-electron chi connectivity index (χ0n) is 22.0. The summed E-state index contributed by atoms with van der Waals surface area (Å²) in [7, 11) is 0. The molecule has 39 heavy (non-hydrogen) atoms. The minimum atomic E-state index is -0.915. The highest BCUT2D eigenvalue weighted by molar-refractivity contribution is 6.03. The second kappa shape index (κ2) is 11.2. The summed E-state index contributed by atoms with van der Waals surface area (Å²) in [5.74, 6) is -0.545. The van der Waals surface area contributed by atoms with Crippen LogP contribution < -0.4 is 21.9 Å². The number of hydrogen-bond donors (Lipinski definition) is 4. The minimum absolute atomic E-state index is 0.132. The summed E-state index contributed by atoms with van der Waals surface area (Å²) in [6.07, 6.45) is 6.99. The predicted octanol–water partition coefficient (Wildman–Crippen LogP) is 3.42. The number of benzene rings is 2. The van der Waals surface area contributed by atoms with Crippen LogP contribution >= 0.6 is 0 Å². The maximum absolute atomic E-state index is 14.1. The largest absolute Gasteiger partial charge is 0.368 e. The van der Waals surface area contributed by atoms with Gasteiger partial charge >= 0.3 is 0 Å². The van der Waals surface area contributed by atoms with Crippen LogP contribution in [0, 0.1) is 18.8 Å². The molecule has 0 radical (unpaired) electrons. The van der Waals surface area contributed by atoms with Crippen molar-refractivity contribution in [1.82, 2.24) is 15.2 Å². The number of fused-ring (bicyclic) bond motifs is 1. The molecule has 1 aliphatic rings. The van der Waals surface area contributed by atoms with E-state index in [0.29, 0.717) is 41.9 Å². The van der Waals surface area contributed by atoms with E-state index >= 15 is 0 Å². The molecule has 5 rings (SSSR count). The van der Waals surface area contributed by atoms with Crippen molar-refractivity contribution >= 4 is 28.4 Å². The molecule has 6 N–H and O–H groups in total. The van der Waals surface area contributed by atoms with Crippen LogP contribution in [-0.4, -0.2) is 39.6 Å². The second-order valence-electron chi connectivity index (χ2n) is 10.5. The molecule has 1 fully saturated rings. The number of aromatic amines is 2. The monoisotopic (exact) mass is 526 g/mol. The zero-order chi connectivity index (χ0) is 27.5. The van der Waals surface area contributed by atoms with Gasteiger partial charge in [0.1, 0.15) is 6.04 Å². The van der Waals surface area contributed by atoms with E-state index in [4.69, 9.17) is 11.5 Å². The number of carbonyl (C=O) groups excluding carboxylic acids is 2. The third-order valence-electron chi connectivity index (χ3n) is 7.93. The summed E-state index contributed by atoms with van der Waals surface area (Å²) in [6, 6.07) is 14.1. The number of nitrogens with one attached hydrogen (secondary N) is 2. The first kappa shape index (κ1) is 26.4. The van der Waals surface area contributed by atoms with Gasteiger partial charge < -0.3 is 11.5 Å². The van der Waals surface area contributed by atoms with Gasteiger partial charge in [-0.1, -0.05) is 24.3 Å². The maximum Gasteiger partial charge on any atom is 0.271 e. The Morgan fingerprint density at radius 1 is 1.08 bits per heavy atom. The molecule has 0 aliphatic heterocycles. The molecular weight excluding hydrogens is 492 g/mol. The van der Waals surface area contributed by atoms with E-state index in [0.717, 1.165) is 35.1 Å². The molecule has 9 nitrogen and oxygen atoms in total. The van der Waals surface area contributed by atoms with E-state index in [-0.39, 0.29) is 23.8 Å². The molecule has 0 saturated heterocycles. The van der Waals surface area contributed by atoms with Crippen LogP contribution in [0.5, 0.6) is 0 Å². The van der Waals surface area contributed by atoms with Crippen LogP contribution in [0.1, 0.15) is 36.8 Å². The van der Waals surface area contributed by atoms with Gasteiger partial charge in [0.05, 0.1) is 10.9 Å². The number of aromatic nitrogens is 3. The number of nitrogens with two attached hydrogens (primary N) is 2. The fourth-order valence-electron chi connectivity index (χ4n) is 5.68. The maximum atomic E-state index is 14.1. The number of amides is 2. The van der Waals surface area contributed by atoms with E-state index in [1.54, 1.807) is 29.3 Å². The third-order valence-corrected chi connectivity index (χ3v) is 7.93. The Morgan fingerprint density at radius 3 is 2.59 bits per heavy atom. The van der Waals surface area contributed by atoms with Gasteiger partial charge in [0.25, 0.3) is 5.56 Å². The molecule has 2 aromatic heterocycles. The Hall–Kier alpha value is -4.24. The highest BCUT2D eigenvalue weighted by atomic mass is 16.2. The van der Waals surface area contributed by atoms with Gasteiger partial charge in [-0.15, -0.1) is 0 Å². The van der Waals surface area contributed by atoms with Crippen molar-refractivity contribution in [2.24, 2.45) is 23.3 Å². The second-order valence-corrected chi connectivity index (χ2v) is 10.5. The number of aryl methyl sites for hydroxylation is 1. The van der Waals surface area contributed by atoms with Crippen molar-refractivity contribution in [2.45, 2.75) is 45.1 Å². The molecule has 2 heterocycles. The topological polar surface area (TPSA) is 151 Å². The van der Waals surface area contributed by atoms with Crippen molar-refractivity contribution in [3.05, 3.63) is 82.4 Å². The highest BCUT2D eigenvalue weighted by Gasteiger charge is 2.36. The normalized spacial score (nSPS) is 18.1. The van der Waals surface area contributed by atoms with Gasteiger partial charge in [0.2, 0.25) is 11.8 Å². The van der Waals surface area contributed by atoms with Crippen molar-refractivity contribution in [1.29, 1.82) is 0 Å². The number of nitrogens with zero attached hydrogens (tertiary/aromatic N) is 2. The molecule has 0 unspecified atom stereocenters. The summed E-state index contributed by atoms with van der Waals surface area (Å²) in [5.41, 5.74) is 16.7. The van der Waals surface area contributed by atoms with Crippen LogP contribution in [0.15, 0.2) is 65.7 Å². The van der Waals surface area contributed by atoms with E-state index in [2.05, 4.69) is 15.2 Å². The van der Waals surface area contributed by atoms with Crippen LogP contribution in [0.3, 0.4) is 0 Å². The first-order chi connectivity index (χ1) is 18.9. The lowest BCUT2D eigenvalue weighted by Crippen LogP contribution is -2.52. The van der Waals surface area contributed by atoms with Gasteiger partial charge in [-0.25, -0.2) is 0 Å². The summed E-state index contributed by atoms with van der Waals surface area (Å²) in [4.78, 5) is 45.0. The van der Waals surface area contributed by atoms with E-state index < -0.39 is 11.9 Å². The van der Waals surface area contributed by atoms with Crippen LogP contribution in [0.4, 0.5) is 5.69 Å². The average Bonchev–Trinajstić information content (AvgIpc) is 3.32. The third kappa shape index (κ3) is 5.49. The molecule has 0 spiro atoms. The molecule has 2 amide bonds. The SMILES string of the molecule is Cc1cnccc1-c1cccc(C[C@@H](C(N)=O)N(C(=O)C2CCC(CN)CC2)c2ccc3c(=O)[nH][nH]c3c2)c1. The van der Waals surface area contributed by atoms with Crippen molar-refractivity contribution < 1.29 is 9.59 Å². The number of H-pyrrole nitrogens is 2. The lowest BCUT2D eigenvalue weighted by Gasteiger charge is -2.35. The smallest absolute Gasteiger partial charge is 0.271 e. The van der Waals surface area contributed by atoms with Gasteiger partial charge in [-0.2, -0.15) is 0 Å². The fourth-order valence-corrected chi connectivity index (χ4v) is 5.68. The summed E-state index contributed by atoms with van der Waals surface area (Å²) in [6.45, 7) is 2.61. The number of primary amides is 1. The average molecular weight is 527 g/mol. The van der Waals surface area contributed by atoms with Crippen LogP contribution in [0.2, 0.25) is 0 Å². The van der Waals surface area contributed by atoms with E-state index in [9.17, 15) is 14.4 Å². The minimum Gasteiger partial charge on any atom is -0.368 e. The molecule has 0 bridgehead atoms. The molecule has 4 aromatic rings. The van der Waals surface area contributed by atoms with Crippen LogP contribution in [-0.2, 0) is 16.0 Å². The number of hydrogen-bond acceptors (Lipinski definition) is 5. The van der Waals surface area contributed by atoms with E-state index in [1.807, 2.05) is 43.5 Å². The number of carbonyl (C=O) groups is 2. The fraction of sp³-hybridized carbons (Fsp3) is 0.333. The van der Waals surface area contributed by atoms with Gasteiger partial charge in [0, 0.05) is 30.4 Å². The first-order valence-corrected chi connectivity index (χ1v) is 13.4. The number of anilines is 1.